The van der Waals surface area contributed by atoms with Crippen molar-refractivity contribution in [1.82, 2.24) is 9.97 Å². The van der Waals surface area contributed by atoms with E-state index >= 15 is 0 Å². The third kappa shape index (κ3) is 4.27. The first-order chi connectivity index (χ1) is 13.9. The molecule has 4 rings (SSSR count). The van der Waals surface area contributed by atoms with Gasteiger partial charge in [0.05, 0.1) is 5.69 Å². The highest BCUT2D eigenvalue weighted by Crippen LogP contribution is 2.29. The van der Waals surface area contributed by atoms with Gasteiger partial charge in [-0.25, -0.2) is 9.97 Å². The van der Waals surface area contributed by atoms with Gasteiger partial charge >= 0.3 is 0 Å². The first-order valence-corrected chi connectivity index (χ1v) is 10.0. The molecule has 29 heavy (non-hydrogen) atoms. The highest BCUT2D eigenvalue weighted by Gasteiger charge is 2.13. The molecule has 2 heteroatoms. The molecule has 0 saturated carbocycles. The summed E-state index contributed by atoms with van der Waals surface area (Å²) in [6, 6.07) is 29.6. The molecule has 0 aliphatic heterocycles. The van der Waals surface area contributed by atoms with E-state index in [-0.39, 0.29) is 5.41 Å². The normalized spacial score (nSPS) is 11.4. The van der Waals surface area contributed by atoms with Gasteiger partial charge in [-0.05, 0) is 41.2 Å². The molecule has 0 unspecified atom stereocenters. The van der Waals surface area contributed by atoms with E-state index in [2.05, 4.69) is 74.3 Å². The van der Waals surface area contributed by atoms with Crippen molar-refractivity contribution in [3.63, 3.8) is 0 Å². The molecule has 0 saturated heterocycles. The molecule has 0 fully saturated rings. The van der Waals surface area contributed by atoms with E-state index in [1.807, 2.05) is 43.3 Å². The maximum absolute atomic E-state index is 4.84. The average molecular weight is 379 g/mol. The Kier molecular flexibility index (Phi) is 5.02. The lowest BCUT2D eigenvalue weighted by Crippen LogP contribution is -2.10. The van der Waals surface area contributed by atoms with E-state index in [0.29, 0.717) is 0 Å². The highest BCUT2D eigenvalue weighted by molar-refractivity contribution is 5.72. The Hall–Kier alpha value is -3.26. The van der Waals surface area contributed by atoms with E-state index in [0.717, 1.165) is 28.3 Å². The van der Waals surface area contributed by atoms with Gasteiger partial charge < -0.3 is 0 Å². The fourth-order valence-corrected chi connectivity index (χ4v) is 3.45. The van der Waals surface area contributed by atoms with Crippen LogP contribution in [0, 0.1) is 6.92 Å². The van der Waals surface area contributed by atoms with Crippen molar-refractivity contribution in [2.45, 2.75) is 33.1 Å². The number of benzene rings is 3. The Balaban J connectivity index is 1.72. The van der Waals surface area contributed by atoms with E-state index in [1.165, 1.54) is 16.7 Å². The van der Waals surface area contributed by atoms with E-state index in [9.17, 15) is 0 Å². The van der Waals surface area contributed by atoms with Gasteiger partial charge in [0.1, 0.15) is 0 Å². The third-order valence-corrected chi connectivity index (χ3v) is 5.13. The molecule has 144 valence electrons. The van der Waals surface area contributed by atoms with Crippen LogP contribution in [0.15, 0.2) is 84.9 Å². The lowest BCUT2D eigenvalue weighted by atomic mass is 9.86. The maximum atomic E-state index is 4.84. The predicted octanol–water partition coefficient (Wildman–Crippen LogP) is 7.08. The van der Waals surface area contributed by atoms with Crippen molar-refractivity contribution in [2.24, 2.45) is 0 Å². The number of aryl methyl sites for hydroxylation is 1. The Labute approximate surface area is 173 Å². The summed E-state index contributed by atoms with van der Waals surface area (Å²) >= 11 is 0. The fourth-order valence-electron chi connectivity index (χ4n) is 3.45. The minimum atomic E-state index is 0.159. The molecule has 3 aromatic carbocycles. The molecule has 0 aliphatic carbocycles. The molecular weight excluding hydrogens is 352 g/mol. The zero-order valence-corrected chi connectivity index (χ0v) is 17.5. The van der Waals surface area contributed by atoms with E-state index in [4.69, 9.17) is 4.98 Å². The molecule has 0 spiro atoms. The Bertz CT molecular complexity index is 1120. The minimum absolute atomic E-state index is 0.159. The molecular formula is C27H26N2. The van der Waals surface area contributed by atoms with Gasteiger partial charge in [-0.2, -0.15) is 0 Å². The molecule has 0 amide bonds. The van der Waals surface area contributed by atoms with E-state index in [1.54, 1.807) is 0 Å². The van der Waals surface area contributed by atoms with Crippen LogP contribution in [0.4, 0.5) is 0 Å². The largest absolute Gasteiger partial charge is 0.233 e. The minimum Gasteiger partial charge on any atom is -0.233 e. The summed E-state index contributed by atoms with van der Waals surface area (Å²) in [4.78, 5) is 9.48. The molecule has 4 aromatic rings. The number of rotatable bonds is 3. The van der Waals surface area contributed by atoms with Gasteiger partial charge in [-0.1, -0.05) is 93.6 Å². The third-order valence-electron chi connectivity index (χ3n) is 5.13. The zero-order chi connectivity index (χ0) is 20.4. The van der Waals surface area contributed by atoms with Crippen molar-refractivity contribution >= 4 is 0 Å². The summed E-state index contributed by atoms with van der Waals surface area (Å²) in [5.74, 6) is 0.764. The topological polar surface area (TPSA) is 25.8 Å². The molecule has 0 bridgehead atoms. The lowest BCUT2D eigenvalue weighted by molar-refractivity contribution is 0.590. The fraction of sp³-hybridized carbons (Fsp3) is 0.185. The van der Waals surface area contributed by atoms with Crippen LogP contribution in [-0.4, -0.2) is 9.97 Å². The summed E-state index contributed by atoms with van der Waals surface area (Å²) in [6.07, 6.45) is 0. The van der Waals surface area contributed by atoms with Crippen LogP contribution in [0.5, 0.6) is 0 Å². The van der Waals surface area contributed by atoms with Crippen LogP contribution in [-0.2, 0) is 5.41 Å². The molecule has 0 N–H and O–H groups in total. The van der Waals surface area contributed by atoms with Crippen LogP contribution in [0.3, 0.4) is 0 Å². The molecule has 0 atom stereocenters. The van der Waals surface area contributed by atoms with Gasteiger partial charge in [-0.3, -0.25) is 0 Å². The zero-order valence-electron chi connectivity index (χ0n) is 17.5. The maximum Gasteiger partial charge on any atom is 0.160 e. The second kappa shape index (κ2) is 7.63. The summed E-state index contributed by atoms with van der Waals surface area (Å²) in [7, 11) is 0. The lowest BCUT2D eigenvalue weighted by Gasteiger charge is -2.19. The SMILES string of the molecule is Cc1cc(-c2cccc(-c3ccc(C(C)(C)C)cc3)c2)nc(-c2ccccc2)n1. The Morgan fingerprint density at radius 3 is 1.93 bits per heavy atom. The van der Waals surface area contributed by atoms with Gasteiger partial charge in [0.15, 0.2) is 5.82 Å². The average Bonchev–Trinajstić information content (AvgIpc) is 2.73. The van der Waals surface area contributed by atoms with E-state index < -0.39 is 0 Å². The standard InChI is InChI=1S/C27H26N2/c1-19-17-25(29-26(28-19)21-9-6-5-7-10-21)23-12-8-11-22(18-23)20-13-15-24(16-14-20)27(2,3)4/h5-18H,1-4H3. The van der Waals surface area contributed by atoms with Gasteiger partial charge in [0, 0.05) is 16.8 Å². The Morgan fingerprint density at radius 2 is 1.24 bits per heavy atom. The number of nitrogens with zero attached hydrogens (tertiary/aromatic N) is 2. The first-order valence-electron chi connectivity index (χ1n) is 10.0. The molecule has 1 heterocycles. The van der Waals surface area contributed by atoms with Gasteiger partial charge in [0.25, 0.3) is 0 Å². The van der Waals surface area contributed by atoms with Crippen LogP contribution in [0.25, 0.3) is 33.8 Å². The van der Waals surface area contributed by atoms with Crippen LogP contribution < -0.4 is 0 Å². The number of hydrogen-bond donors (Lipinski definition) is 0. The summed E-state index contributed by atoms with van der Waals surface area (Å²) < 4.78 is 0. The number of hydrogen-bond acceptors (Lipinski definition) is 2. The summed E-state index contributed by atoms with van der Waals surface area (Å²) in [5, 5.41) is 0. The number of aromatic nitrogens is 2. The van der Waals surface area contributed by atoms with Crippen LogP contribution >= 0.6 is 0 Å². The first kappa shape index (κ1) is 19.1. The second-order valence-electron chi connectivity index (χ2n) is 8.49. The molecule has 2 nitrogen and oxygen atoms in total. The predicted molar refractivity (Wildman–Crippen MR) is 122 cm³/mol. The monoisotopic (exact) mass is 378 g/mol. The van der Waals surface area contributed by atoms with Crippen molar-refractivity contribution in [3.8, 4) is 33.8 Å². The smallest absolute Gasteiger partial charge is 0.160 e. The Morgan fingerprint density at radius 1 is 0.586 bits per heavy atom. The second-order valence-corrected chi connectivity index (χ2v) is 8.49. The van der Waals surface area contributed by atoms with Crippen LogP contribution in [0.2, 0.25) is 0 Å². The van der Waals surface area contributed by atoms with Crippen molar-refractivity contribution in [3.05, 3.63) is 96.2 Å². The molecule has 0 aliphatic rings. The molecule has 0 radical (unpaired) electrons. The summed E-state index contributed by atoms with van der Waals surface area (Å²) in [6.45, 7) is 8.74. The highest BCUT2D eigenvalue weighted by atomic mass is 14.9. The van der Waals surface area contributed by atoms with Crippen molar-refractivity contribution in [1.29, 1.82) is 0 Å². The molecule has 1 aromatic heterocycles. The van der Waals surface area contributed by atoms with Gasteiger partial charge in [0.2, 0.25) is 0 Å². The van der Waals surface area contributed by atoms with Crippen molar-refractivity contribution < 1.29 is 0 Å². The quantitative estimate of drug-likeness (QED) is 0.380. The van der Waals surface area contributed by atoms with Gasteiger partial charge in [-0.15, -0.1) is 0 Å². The summed E-state index contributed by atoms with van der Waals surface area (Å²) in [5.41, 5.74) is 7.97. The van der Waals surface area contributed by atoms with Crippen molar-refractivity contribution in [2.75, 3.05) is 0 Å². The van der Waals surface area contributed by atoms with Crippen LogP contribution in [0.1, 0.15) is 32.0 Å².